The van der Waals surface area contributed by atoms with E-state index >= 15 is 0 Å². The summed E-state index contributed by atoms with van der Waals surface area (Å²) in [6, 6.07) is 16.5. The molecule has 0 radical (unpaired) electrons. The molecule has 0 aliphatic heterocycles. The minimum Gasteiger partial charge on any atom is -0.361 e. The second-order valence-electron chi connectivity index (χ2n) is 9.12. The number of fused-ring (bicyclic) bond motifs is 1. The second kappa shape index (κ2) is 10.5. The molecule has 5 heteroatoms. The van der Waals surface area contributed by atoms with Gasteiger partial charge in [0.1, 0.15) is 0 Å². The van der Waals surface area contributed by atoms with Crippen LogP contribution in [-0.4, -0.2) is 45.7 Å². The van der Waals surface area contributed by atoms with Crippen molar-refractivity contribution < 1.29 is 9.59 Å². The maximum absolute atomic E-state index is 13.4. The summed E-state index contributed by atoms with van der Waals surface area (Å²) in [6.45, 7) is 11.0. The van der Waals surface area contributed by atoms with Crippen LogP contribution < -0.4 is 0 Å². The Morgan fingerprint density at radius 1 is 0.969 bits per heavy atom. The number of benzene rings is 2. The molecule has 0 fully saturated rings. The lowest BCUT2D eigenvalue weighted by Crippen LogP contribution is -2.47. The fourth-order valence-corrected chi connectivity index (χ4v) is 3.89. The van der Waals surface area contributed by atoms with Crippen molar-refractivity contribution in [1.29, 1.82) is 0 Å². The number of aromatic amines is 1. The average molecular weight is 434 g/mol. The molecular weight excluding hydrogens is 398 g/mol. The summed E-state index contributed by atoms with van der Waals surface area (Å²) < 4.78 is 0. The summed E-state index contributed by atoms with van der Waals surface area (Å²) in [5, 5.41) is 1.19. The van der Waals surface area contributed by atoms with Gasteiger partial charge in [0.05, 0.1) is 6.54 Å². The fraction of sp³-hybridized carbons (Fsp3) is 0.407. The molecule has 0 aliphatic carbocycles. The number of H-pyrrole nitrogens is 1. The molecule has 0 bridgehead atoms. The number of rotatable bonds is 9. The minimum atomic E-state index is -0.137. The van der Waals surface area contributed by atoms with Crippen LogP contribution in [-0.2, 0) is 22.6 Å². The maximum atomic E-state index is 13.4. The van der Waals surface area contributed by atoms with Gasteiger partial charge in [-0.05, 0) is 44.4 Å². The molecule has 0 saturated carbocycles. The summed E-state index contributed by atoms with van der Waals surface area (Å²) in [5.74, 6) is -0.143. The highest BCUT2D eigenvalue weighted by Gasteiger charge is 2.25. The van der Waals surface area contributed by atoms with Crippen molar-refractivity contribution in [3.63, 3.8) is 0 Å². The van der Waals surface area contributed by atoms with Crippen LogP contribution in [0.25, 0.3) is 10.9 Å². The van der Waals surface area contributed by atoms with E-state index in [1.165, 1.54) is 16.5 Å². The molecule has 1 N–H and O–H groups in total. The molecule has 1 aromatic heterocycles. The zero-order valence-electron chi connectivity index (χ0n) is 19.9. The molecule has 32 heavy (non-hydrogen) atoms. The second-order valence-corrected chi connectivity index (χ2v) is 9.12. The monoisotopic (exact) mass is 433 g/mol. The fourth-order valence-electron chi connectivity index (χ4n) is 3.89. The quantitative estimate of drug-likeness (QED) is 0.520. The number of hydrogen-bond acceptors (Lipinski definition) is 2. The third-order valence-electron chi connectivity index (χ3n) is 5.88. The Morgan fingerprint density at radius 2 is 1.66 bits per heavy atom. The molecule has 2 aromatic carbocycles. The molecule has 3 aromatic rings. The van der Waals surface area contributed by atoms with Gasteiger partial charge in [0.25, 0.3) is 0 Å². The standard InChI is InChI=1S/C27H35N3O2/c1-19(2)27(32)30(20(3)4)18-26(31)29(17-22-12-10-21(5)11-13-22)15-14-23-16-28-25-9-7-6-8-24(23)25/h6-13,16,19-20,28H,14-15,17-18H2,1-5H3. The van der Waals surface area contributed by atoms with E-state index in [9.17, 15) is 9.59 Å². The first-order chi connectivity index (χ1) is 15.3. The zero-order valence-corrected chi connectivity index (χ0v) is 19.9. The van der Waals surface area contributed by atoms with E-state index in [0.717, 1.165) is 17.5 Å². The van der Waals surface area contributed by atoms with Crippen LogP contribution in [0, 0.1) is 12.8 Å². The van der Waals surface area contributed by atoms with Crippen LogP contribution in [0.4, 0.5) is 0 Å². The molecule has 3 rings (SSSR count). The molecular formula is C27H35N3O2. The highest BCUT2D eigenvalue weighted by atomic mass is 16.2. The van der Waals surface area contributed by atoms with E-state index in [0.29, 0.717) is 13.1 Å². The molecule has 0 unspecified atom stereocenters. The Kier molecular flexibility index (Phi) is 7.73. The summed E-state index contributed by atoms with van der Waals surface area (Å²) >= 11 is 0. The largest absolute Gasteiger partial charge is 0.361 e. The Balaban J connectivity index is 1.79. The van der Waals surface area contributed by atoms with Gasteiger partial charge in [-0.1, -0.05) is 61.9 Å². The number of para-hydroxylation sites is 1. The number of aromatic nitrogens is 1. The number of nitrogens with one attached hydrogen (secondary N) is 1. The zero-order chi connectivity index (χ0) is 23.3. The van der Waals surface area contributed by atoms with Crippen LogP contribution in [0.2, 0.25) is 0 Å². The van der Waals surface area contributed by atoms with Crippen LogP contribution in [0.1, 0.15) is 44.4 Å². The molecule has 0 atom stereocenters. The van der Waals surface area contributed by atoms with E-state index in [2.05, 4.69) is 48.3 Å². The van der Waals surface area contributed by atoms with Crippen molar-refractivity contribution in [3.8, 4) is 0 Å². The number of amides is 2. The van der Waals surface area contributed by atoms with Crippen molar-refractivity contribution in [2.45, 2.75) is 53.6 Å². The van der Waals surface area contributed by atoms with Crippen molar-refractivity contribution in [1.82, 2.24) is 14.8 Å². The SMILES string of the molecule is Cc1ccc(CN(CCc2c[nH]c3ccccc23)C(=O)CN(C(=O)C(C)C)C(C)C)cc1. The Bertz CT molecular complexity index is 1050. The summed E-state index contributed by atoms with van der Waals surface area (Å²) in [6.07, 6.45) is 2.78. The molecule has 0 aliphatic rings. The number of hydrogen-bond donors (Lipinski definition) is 1. The van der Waals surface area contributed by atoms with Crippen molar-refractivity contribution in [2.24, 2.45) is 5.92 Å². The number of carbonyl (C=O) groups excluding carboxylic acids is 2. The first kappa shape index (κ1) is 23.6. The van der Waals surface area contributed by atoms with Crippen LogP contribution in [0.3, 0.4) is 0 Å². The lowest BCUT2D eigenvalue weighted by atomic mass is 10.1. The third kappa shape index (κ3) is 5.78. The van der Waals surface area contributed by atoms with Crippen LogP contribution in [0.15, 0.2) is 54.7 Å². The molecule has 0 saturated heterocycles. The van der Waals surface area contributed by atoms with Gasteiger partial charge in [-0.3, -0.25) is 9.59 Å². The van der Waals surface area contributed by atoms with E-state index in [4.69, 9.17) is 0 Å². The van der Waals surface area contributed by atoms with Gasteiger partial charge in [-0.15, -0.1) is 0 Å². The van der Waals surface area contributed by atoms with E-state index in [-0.39, 0.29) is 30.3 Å². The first-order valence-corrected chi connectivity index (χ1v) is 11.4. The summed E-state index contributed by atoms with van der Waals surface area (Å²) in [4.78, 5) is 33.0. The topological polar surface area (TPSA) is 56.4 Å². The van der Waals surface area contributed by atoms with E-state index in [1.807, 2.05) is 50.9 Å². The van der Waals surface area contributed by atoms with Crippen molar-refractivity contribution in [2.75, 3.05) is 13.1 Å². The van der Waals surface area contributed by atoms with Crippen molar-refractivity contribution in [3.05, 3.63) is 71.4 Å². The smallest absolute Gasteiger partial charge is 0.242 e. The number of aryl methyl sites for hydroxylation is 1. The lowest BCUT2D eigenvalue weighted by molar-refractivity contribution is -0.144. The Morgan fingerprint density at radius 3 is 2.31 bits per heavy atom. The van der Waals surface area contributed by atoms with Crippen LogP contribution in [0.5, 0.6) is 0 Å². The van der Waals surface area contributed by atoms with Gasteiger partial charge in [0.15, 0.2) is 0 Å². The first-order valence-electron chi connectivity index (χ1n) is 11.4. The minimum absolute atomic E-state index is 0.0141. The summed E-state index contributed by atoms with van der Waals surface area (Å²) in [5.41, 5.74) is 4.58. The van der Waals surface area contributed by atoms with Gasteiger partial charge >= 0.3 is 0 Å². The highest BCUT2D eigenvalue weighted by Crippen LogP contribution is 2.19. The molecule has 170 valence electrons. The van der Waals surface area contributed by atoms with Gasteiger partial charge in [0, 0.05) is 42.1 Å². The molecule has 2 amide bonds. The van der Waals surface area contributed by atoms with Crippen LogP contribution >= 0.6 is 0 Å². The normalized spacial score (nSPS) is 11.3. The maximum Gasteiger partial charge on any atom is 0.242 e. The van der Waals surface area contributed by atoms with Gasteiger partial charge in [-0.25, -0.2) is 0 Å². The molecule has 0 spiro atoms. The number of carbonyl (C=O) groups is 2. The number of nitrogens with zero attached hydrogens (tertiary/aromatic N) is 2. The molecule has 1 heterocycles. The lowest BCUT2D eigenvalue weighted by Gasteiger charge is -2.31. The van der Waals surface area contributed by atoms with E-state index < -0.39 is 0 Å². The van der Waals surface area contributed by atoms with E-state index in [1.54, 1.807) is 4.90 Å². The third-order valence-corrected chi connectivity index (χ3v) is 5.88. The van der Waals surface area contributed by atoms with Gasteiger partial charge in [-0.2, -0.15) is 0 Å². The van der Waals surface area contributed by atoms with Gasteiger partial charge in [0.2, 0.25) is 11.8 Å². The van der Waals surface area contributed by atoms with Crippen molar-refractivity contribution >= 4 is 22.7 Å². The Labute approximate surface area is 191 Å². The molecule has 5 nitrogen and oxygen atoms in total. The van der Waals surface area contributed by atoms with Gasteiger partial charge < -0.3 is 14.8 Å². The highest BCUT2D eigenvalue weighted by molar-refractivity contribution is 5.86. The predicted molar refractivity (Wildman–Crippen MR) is 130 cm³/mol. The summed E-state index contributed by atoms with van der Waals surface area (Å²) in [7, 11) is 0. The Hall–Kier alpha value is -3.08. The average Bonchev–Trinajstić information content (AvgIpc) is 3.18. The predicted octanol–water partition coefficient (Wildman–Crippen LogP) is 4.94.